The molecule has 1 aromatic rings. The third-order valence-electron chi connectivity index (χ3n) is 1.67. The first kappa shape index (κ1) is 9.52. The largest absolute Gasteiger partial charge is 0.458 e. The summed E-state index contributed by atoms with van der Waals surface area (Å²) >= 11 is 0. The zero-order chi connectivity index (χ0) is 9.68. The minimum atomic E-state index is -0.388. The van der Waals surface area contributed by atoms with Gasteiger partial charge in [0, 0.05) is 6.08 Å². The first-order valence-electron chi connectivity index (χ1n) is 4.07. The molecule has 68 valence electrons. The molecule has 13 heavy (non-hydrogen) atoms. The molecular weight excluding hydrogens is 164 g/mol. The van der Waals surface area contributed by atoms with E-state index in [9.17, 15) is 4.79 Å². The Balaban J connectivity index is 2.50. The summed E-state index contributed by atoms with van der Waals surface area (Å²) in [5, 5.41) is 0. The molecule has 0 aliphatic carbocycles. The lowest BCUT2D eigenvalue weighted by atomic mass is 10.2. The van der Waals surface area contributed by atoms with Crippen molar-refractivity contribution in [1.82, 2.24) is 0 Å². The van der Waals surface area contributed by atoms with Crippen molar-refractivity contribution in [3.63, 3.8) is 0 Å². The number of rotatable bonds is 3. The molecule has 0 bridgehead atoms. The van der Waals surface area contributed by atoms with Crippen LogP contribution in [0.15, 0.2) is 36.9 Å². The summed E-state index contributed by atoms with van der Waals surface area (Å²) in [6, 6.07) is 7.84. The summed E-state index contributed by atoms with van der Waals surface area (Å²) in [6.45, 7) is 5.64. The molecule has 0 saturated carbocycles. The van der Waals surface area contributed by atoms with Crippen LogP contribution >= 0.6 is 0 Å². The molecule has 0 heterocycles. The number of carbonyl (C=O) groups is 1. The minimum Gasteiger partial charge on any atom is -0.458 e. The average molecular weight is 176 g/mol. The quantitative estimate of drug-likeness (QED) is 0.521. The Morgan fingerprint density at radius 2 is 2.08 bits per heavy atom. The summed E-state index contributed by atoms with van der Waals surface area (Å²) in [6.07, 6.45) is 1.16. The van der Waals surface area contributed by atoms with Gasteiger partial charge >= 0.3 is 5.97 Å². The Hall–Kier alpha value is -1.57. The number of esters is 1. The van der Waals surface area contributed by atoms with Crippen molar-refractivity contribution in [2.45, 2.75) is 13.5 Å². The highest BCUT2D eigenvalue weighted by Crippen LogP contribution is 2.04. The van der Waals surface area contributed by atoms with Crippen LogP contribution in [0.2, 0.25) is 0 Å². The summed E-state index contributed by atoms with van der Waals surface area (Å²) in [5.74, 6) is -0.388. The van der Waals surface area contributed by atoms with Gasteiger partial charge in [0.05, 0.1) is 0 Å². The molecule has 0 fully saturated rings. The van der Waals surface area contributed by atoms with Crippen LogP contribution in [0.3, 0.4) is 0 Å². The Morgan fingerprint density at radius 1 is 1.46 bits per heavy atom. The summed E-state index contributed by atoms with van der Waals surface area (Å²) in [7, 11) is 0. The molecule has 0 atom stereocenters. The maximum atomic E-state index is 10.7. The molecule has 0 aromatic heterocycles. The summed E-state index contributed by atoms with van der Waals surface area (Å²) in [5.41, 5.74) is 2.18. The highest BCUT2D eigenvalue weighted by atomic mass is 16.5. The fourth-order valence-corrected chi connectivity index (χ4v) is 0.898. The number of hydrogen-bond donors (Lipinski definition) is 0. The fraction of sp³-hybridized carbons (Fsp3) is 0.182. The predicted molar refractivity (Wildman–Crippen MR) is 51.2 cm³/mol. The third kappa shape index (κ3) is 3.11. The van der Waals surface area contributed by atoms with E-state index in [1.54, 1.807) is 0 Å². The monoisotopic (exact) mass is 176 g/mol. The van der Waals surface area contributed by atoms with Crippen LogP contribution in [0.4, 0.5) is 0 Å². The van der Waals surface area contributed by atoms with Crippen molar-refractivity contribution >= 4 is 5.97 Å². The van der Waals surface area contributed by atoms with Gasteiger partial charge < -0.3 is 4.74 Å². The van der Waals surface area contributed by atoms with E-state index in [1.165, 1.54) is 5.56 Å². The lowest BCUT2D eigenvalue weighted by molar-refractivity contribution is -0.138. The van der Waals surface area contributed by atoms with Gasteiger partial charge in [0.15, 0.2) is 0 Å². The number of benzene rings is 1. The van der Waals surface area contributed by atoms with Crippen molar-refractivity contribution in [3.8, 4) is 0 Å². The molecule has 0 aliphatic heterocycles. The fourth-order valence-electron chi connectivity index (χ4n) is 0.898. The second kappa shape index (κ2) is 4.45. The van der Waals surface area contributed by atoms with Gasteiger partial charge in [-0.15, -0.1) is 0 Å². The second-order valence-corrected chi connectivity index (χ2v) is 2.80. The van der Waals surface area contributed by atoms with E-state index in [1.807, 2.05) is 31.2 Å². The number of hydrogen-bond acceptors (Lipinski definition) is 2. The van der Waals surface area contributed by atoms with Gasteiger partial charge in [-0.05, 0) is 12.5 Å². The van der Waals surface area contributed by atoms with Crippen LogP contribution in [0, 0.1) is 6.92 Å². The van der Waals surface area contributed by atoms with Gasteiger partial charge in [-0.3, -0.25) is 0 Å². The predicted octanol–water partition coefficient (Wildman–Crippen LogP) is 2.22. The molecule has 0 N–H and O–H groups in total. The van der Waals surface area contributed by atoms with Crippen LogP contribution in [-0.2, 0) is 16.1 Å². The van der Waals surface area contributed by atoms with Crippen LogP contribution in [0.5, 0.6) is 0 Å². The van der Waals surface area contributed by atoms with Crippen LogP contribution < -0.4 is 0 Å². The van der Waals surface area contributed by atoms with Crippen molar-refractivity contribution in [2.24, 2.45) is 0 Å². The van der Waals surface area contributed by atoms with E-state index in [0.29, 0.717) is 6.61 Å². The van der Waals surface area contributed by atoms with Gasteiger partial charge in [0.1, 0.15) is 6.61 Å². The third-order valence-corrected chi connectivity index (χ3v) is 1.67. The van der Waals surface area contributed by atoms with Gasteiger partial charge in [0.2, 0.25) is 0 Å². The highest BCUT2D eigenvalue weighted by Gasteiger charge is 1.96. The summed E-state index contributed by atoms with van der Waals surface area (Å²) < 4.78 is 4.86. The molecule has 0 saturated heterocycles. The Labute approximate surface area is 77.8 Å². The van der Waals surface area contributed by atoms with Crippen molar-refractivity contribution in [1.29, 1.82) is 0 Å². The van der Waals surface area contributed by atoms with Crippen molar-refractivity contribution in [3.05, 3.63) is 48.0 Å². The molecule has 0 spiro atoms. The molecule has 1 aromatic carbocycles. The normalized spacial score (nSPS) is 9.31. The molecular formula is C11H12O2. The smallest absolute Gasteiger partial charge is 0.330 e. The molecule has 0 amide bonds. The van der Waals surface area contributed by atoms with Crippen molar-refractivity contribution < 1.29 is 9.53 Å². The number of ether oxygens (including phenoxy) is 1. The molecule has 2 nitrogen and oxygen atoms in total. The number of carbonyl (C=O) groups excluding carboxylic acids is 1. The van der Waals surface area contributed by atoms with Crippen molar-refractivity contribution in [2.75, 3.05) is 0 Å². The van der Waals surface area contributed by atoms with Gasteiger partial charge in [-0.2, -0.15) is 0 Å². The maximum Gasteiger partial charge on any atom is 0.330 e. The van der Waals surface area contributed by atoms with Gasteiger partial charge in [0.25, 0.3) is 0 Å². The standard InChI is InChI=1S/C11H12O2/c1-3-11(12)13-8-10-6-4-9(2)5-7-10/h3-7H,1,8H2,2H3. The zero-order valence-corrected chi connectivity index (χ0v) is 7.62. The van der Waals surface area contributed by atoms with Gasteiger partial charge in [-0.1, -0.05) is 36.4 Å². The second-order valence-electron chi connectivity index (χ2n) is 2.80. The Bertz CT molecular complexity index is 298. The highest BCUT2D eigenvalue weighted by molar-refractivity contribution is 5.81. The molecule has 0 radical (unpaired) electrons. The Morgan fingerprint density at radius 3 is 2.62 bits per heavy atom. The van der Waals surface area contributed by atoms with E-state index >= 15 is 0 Å². The number of aryl methyl sites for hydroxylation is 1. The van der Waals surface area contributed by atoms with Crippen LogP contribution in [0.25, 0.3) is 0 Å². The average Bonchev–Trinajstić information content (AvgIpc) is 2.16. The molecule has 0 aliphatic rings. The SMILES string of the molecule is C=CC(=O)OCc1ccc(C)cc1. The lowest BCUT2D eigenvalue weighted by Crippen LogP contribution is -1.99. The first-order valence-corrected chi connectivity index (χ1v) is 4.07. The van der Waals surface area contributed by atoms with Crippen LogP contribution in [-0.4, -0.2) is 5.97 Å². The zero-order valence-electron chi connectivity index (χ0n) is 7.62. The van der Waals surface area contributed by atoms with E-state index in [2.05, 4.69) is 6.58 Å². The topological polar surface area (TPSA) is 26.3 Å². The van der Waals surface area contributed by atoms with E-state index in [-0.39, 0.29) is 5.97 Å². The minimum absolute atomic E-state index is 0.311. The van der Waals surface area contributed by atoms with E-state index in [4.69, 9.17) is 4.74 Å². The van der Waals surface area contributed by atoms with Crippen LogP contribution in [0.1, 0.15) is 11.1 Å². The maximum absolute atomic E-state index is 10.7. The Kier molecular flexibility index (Phi) is 3.26. The van der Waals surface area contributed by atoms with Gasteiger partial charge in [-0.25, -0.2) is 4.79 Å². The molecule has 2 heteroatoms. The summed E-state index contributed by atoms with van der Waals surface area (Å²) in [4.78, 5) is 10.7. The first-order chi connectivity index (χ1) is 6.22. The van der Waals surface area contributed by atoms with E-state index < -0.39 is 0 Å². The van der Waals surface area contributed by atoms with E-state index in [0.717, 1.165) is 11.6 Å². The lowest BCUT2D eigenvalue weighted by Gasteiger charge is -2.01. The molecule has 1 rings (SSSR count). The molecule has 0 unspecified atom stereocenters.